The van der Waals surface area contributed by atoms with Gasteiger partial charge in [0.2, 0.25) is 0 Å². The third-order valence-corrected chi connectivity index (χ3v) is 9.59. The highest BCUT2D eigenvalue weighted by Crippen LogP contribution is 2.22. The van der Waals surface area contributed by atoms with Crippen molar-refractivity contribution in [3.05, 3.63) is 24.3 Å². The van der Waals surface area contributed by atoms with E-state index in [1.54, 1.807) is 0 Å². The number of rotatable bonds is 34. The quantitative estimate of drug-likeness (QED) is 0.0289. The lowest BCUT2D eigenvalue weighted by atomic mass is 9.99. The van der Waals surface area contributed by atoms with Crippen molar-refractivity contribution in [2.75, 3.05) is 19.8 Å². The molecule has 1 aliphatic heterocycles. The van der Waals surface area contributed by atoms with E-state index in [9.17, 15) is 30.0 Å². The first-order chi connectivity index (χ1) is 25.3. The summed E-state index contributed by atoms with van der Waals surface area (Å²) in [6, 6.07) is 0. The summed E-state index contributed by atoms with van der Waals surface area (Å²) in [7, 11) is 0. The Balaban J connectivity index is 2.31. The molecule has 0 radical (unpaired) electrons. The van der Waals surface area contributed by atoms with E-state index in [0.29, 0.717) is 6.42 Å². The Labute approximate surface area is 315 Å². The van der Waals surface area contributed by atoms with Gasteiger partial charge in [0.15, 0.2) is 12.4 Å². The molecule has 0 aromatic carbocycles. The molecule has 0 aromatic rings. The molecule has 1 aliphatic rings. The van der Waals surface area contributed by atoms with Crippen LogP contribution < -0.4 is 0 Å². The summed E-state index contributed by atoms with van der Waals surface area (Å²) in [6.45, 7) is 3.35. The Morgan fingerprint density at radius 2 is 1.08 bits per heavy atom. The first-order valence-corrected chi connectivity index (χ1v) is 20.9. The van der Waals surface area contributed by atoms with Gasteiger partial charge < -0.3 is 39.4 Å². The third kappa shape index (κ3) is 25.2. The molecule has 0 saturated carbocycles. The van der Waals surface area contributed by atoms with Crippen LogP contribution in [0.2, 0.25) is 0 Å². The van der Waals surface area contributed by atoms with E-state index in [4.69, 9.17) is 18.9 Å². The summed E-state index contributed by atoms with van der Waals surface area (Å²) in [5.41, 5.74) is 0. The van der Waals surface area contributed by atoms with Crippen molar-refractivity contribution < 1.29 is 49.0 Å². The van der Waals surface area contributed by atoms with Crippen molar-refractivity contribution >= 4 is 11.9 Å². The van der Waals surface area contributed by atoms with Gasteiger partial charge >= 0.3 is 11.9 Å². The van der Waals surface area contributed by atoms with E-state index in [0.717, 1.165) is 51.4 Å². The molecular formula is C42H76O10. The molecule has 0 bridgehead atoms. The topological polar surface area (TPSA) is 152 Å². The number of ether oxygens (including phenoxy) is 4. The molecule has 1 saturated heterocycles. The van der Waals surface area contributed by atoms with Crippen molar-refractivity contribution in [1.82, 2.24) is 0 Å². The van der Waals surface area contributed by atoms with Crippen molar-refractivity contribution in [1.29, 1.82) is 0 Å². The minimum atomic E-state index is -1.59. The van der Waals surface area contributed by atoms with E-state index < -0.39 is 49.4 Å². The van der Waals surface area contributed by atoms with E-state index in [1.165, 1.54) is 89.9 Å². The van der Waals surface area contributed by atoms with Gasteiger partial charge in [-0.3, -0.25) is 9.59 Å². The van der Waals surface area contributed by atoms with Crippen LogP contribution in [-0.4, -0.2) is 89.0 Å². The number of allylic oxidation sites excluding steroid dienone is 4. The lowest BCUT2D eigenvalue weighted by molar-refractivity contribution is -0.305. The SMILES string of the molecule is CCCCC/C=C/C/C=C/CCCCCCCCCCCC(=O)O[C@H](COC(=O)CCCCCCCCCC)CO[C@@H]1O[C@H](CO)[C@H](O)C(O)C1O. The second-order valence-corrected chi connectivity index (χ2v) is 14.4. The second kappa shape index (κ2) is 33.7. The molecule has 0 spiro atoms. The van der Waals surface area contributed by atoms with Crippen LogP contribution in [0.5, 0.6) is 0 Å². The standard InChI is InChI=1S/C42H76O10/c1-3-5-7-9-11-13-14-15-16-17-18-19-20-21-22-23-25-27-29-31-38(45)51-35(33-49-37(44)30-28-26-24-12-10-8-6-4-2)34-50-42-41(48)40(47)39(46)36(32-43)52-42/h11,13,15-16,35-36,39-43,46-48H,3-10,12,14,17-34H2,1-2H3/b13-11+,16-15+/t35-,36-,39+,40?,41?,42-/m1/s1. The van der Waals surface area contributed by atoms with E-state index in [-0.39, 0.29) is 32.0 Å². The molecule has 4 N–H and O–H groups in total. The van der Waals surface area contributed by atoms with Gasteiger partial charge in [0.05, 0.1) is 13.2 Å². The van der Waals surface area contributed by atoms with Crippen molar-refractivity contribution in [2.24, 2.45) is 0 Å². The normalized spacial score (nSPS) is 21.2. The molecule has 52 heavy (non-hydrogen) atoms. The average Bonchev–Trinajstić information content (AvgIpc) is 3.14. The van der Waals surface area contributed by atoms with Crippen molar-refractivity contribution in [3.63, 3.8) is 0 Å². The number of unbranched alkanes of at least 4 members (excludes halogenated alkanes) is 19. The highest BCUT2D eigenvalue weighted by molar-refractivity contribution is 5.70. The number of hydrogen-bond acceptors (Lipinski definition) is 10. The van der Waals surface area contributed by atoms with Gasteiger partial charge in [-0.1, -0.05) is 141 Å². The summed E-state index contributed by atoms with van der Waals surface area (Å²) in [4.78, 5) is 25.1. The first kappa shape index (κ1) is 48.2. The molecule has 1 fully saturated rings. The van der Waals surface area contributed by atoms with Crippen LogP contribution in [0.15, 0.2) is 24.3 Å². The molecule has 0 amide bonds. The van der Waals surface area contributed by atoms with Gasteiger partial charge in [-0.05, 0) is 44.9 Å². The molecule has 1 rings (SSSR count). The smallest absolute Gasteiger partial charge is 0.306 e. The molecule has 10 heteroatoms. The van der Waals surface area contributed by atoms with Crippen LogP contribution in [0.1, 0.15) is 174 Å². The maximum atomic E-state index is 12.7. The predicted octanol–water partition coefficient (Wildman–Crippen LogP) is 8.16. The Hall–Kier alpha value is -1.82. The summed E-state index contributed by atoms with van der Waals surface area (Å²) in [5, 5.41) is 39.9. The van der Waals surface area contributed by atoms with Crippen LogP contribution in [0.4, 0.5) is 0 Å². The highest BCUT2D eigenvalue weighted by atomic mass is 16.7. The maximum Gasteiger partial charge on any atom is 0.306 e. The molecule has 0 aliphatic carbocycles. The molecule has 10 nitrogen and oxygen atoms in total. The van der Waals surface area contributed by atoms with Gasteiger partial charge in [0.25, 0.3) is 0 Å². The van der Waals surface area contributed by atoms with Gasteiger partial charge in [-0.15, -0.1) is 0 Å². The molecule has 1 heterocycles. The lowest BCUT2D eigenvalue weighted by Crippen LogP contribution is -2.59. The van der Waals surface area contributed by atoms with Gasteiger partial charge in [0, 0.05) is 12.8 Å². The number of aliphatic hydroxyl groups is 4. The lowest BCUT2D eigenvalue weighted by Gasteiger charge is -2.39. The zero-order valence-electron chi connectivity index (χ0n) is 32.8. The Morgan fingerprint density at radius 1 is 0.596 bits per heavy atom. The van der Waals surface area contributed by atoms with Crippen LogP contribution in [0, 0.1) is 0 Å². The van der Waals surface area contributed by atoms with E-state index >= 15 is 0 Å². The number of aliphatic hydroxyl groups excluding tert-OH is 4. The number of hydrogen-bond donors (Lipinski definition) is 4. The largest absolute Gasteiger partial charge is 0.462 e. The van der Waals surface area contributed by atoms with Crippen LogP contribution in [0.25, 0.3) is 0 Å². The Morgan fingerprint density at radius 3 is 1.63 bits per heavy atom. The Bertz CT molecular complexity index is 907. The van der Waals surface area contributed by atoms with Gasteiger partial charge in [0.1, 0.15) is 31.0 Å². The van der Waals surface area contributed by atoms with Crippen molar-refractivity contribution in [3.8, 4) is 0 Å². The van der Waals surface area contributed by atoms with E-state index in [2.05, 4.69) is 38.2 Å². The predicted molar refractivity (Wildman–Crippen MR) is 206 cm³/mol. The summed E-state index contributed by atoms with van der Waals surface area (Å²) in [6.07, 6.45) is 27.7. The minimum absolute atomic E-state index is 0.216. The minimum Gasteiger partial charge on any atom is -0.462 e. The second-order valence-electron chi connectivity index (χ2n) is 14.4. The summed E-state index contributed by atoms with van der Waals surface area (Å²) in [5.74, 6) is -0.813. The third-order valence-electron chi connectivity index (χ3n) is 9.59. The molecule has 6 atom stereocenters. The van der Waals surface area contributed by atoms with Crippen molar-refractivity contribution in [2.45, 2.75) is 211 Å². The average molecular weight is 741 g/mol. The van der Waals surface area contributed by atoms with Gasteiger partial charge in [-0.25, -0.2) is 0 Å². The zero-order valence-corrected chi connectivity index (χ0v) is 32.8. The fourth-order valence-corrected chi connectivity index (χ4v) is 6.22. The molecule has 2 unspecified atom stereocenters. The van der Waals surface area contributed by atoms with Gasteiger partial charge in [-0.2, -0.15) is 0 Å². The number of esters is 2. The van der Waals surface area contributed by atoms with Crippen LogP contribution >= 0.6 is 0 Å². The molecular weight excluding hydrogens is 664 g/mol. The Kier molecular flexibility index (Phi) is 31.3. The van der Waals surface area contributed by atoms with Crippen LogP contribution in [0.3, 0.4) is 0 Å². The monoisotopic (exact) mass is 741 g/mol. The maximum absolute atomic E-state index is 12.7. The first-order valence-electron chi connectivity index (χ1n) is 20.9. The fraction of sp³-hybridized carbons (Fsp3) is 0.857. The number of carbonyl (C=O) groups excluding carboxylic acids is 2. The molecule has 0 aromatic heterocycles. The zero-order chi connectivity index (χ0) is 38.1. The summed E-state index contributed by atoms with van der Waals surface area (Å²) < 4.78 is 22.0. The van der Waals surface area contributed by atoms with Crippen LogP contribution in [-0.2, 0) is 28.5 Å². The number of carbonyl (C=O) groups is 2. The molecule has 304 valence electrons. The summed E-state index contributed by atoms with van der Waals surface area (Å²) >= 11 is 0. The fourth-order valence-electron chi connectivity index (χ4n) is 6.22. The van der Waals surface area contributed by atoms with E-state index in [1.807, 2.05) is 0 Å². The highest BCUT2D eigenvalue weighted by Gasteiger charge is 2.44.